The third-order valence-electron chi connectivity index (χ3n) is 6.06. The third-order valence-corrected chi connectivity index (χ3v) is 7.89. The van der Waals surface area contributed by atoms with Crippen LogP contribution in [0.4, 0.5) is 0 Å². The Morgan fingerprint density at radius 2 is 1.82 bits per heavy atom. The average Bonchev–Trinajstić information content (AvgIpc) is 3.72. The molecule has 38 heavy (non-hydrogen) atoms. The minimum atomic E-state index is -0.187. The van der Waals surface area contributed by atoms with Crippen molar-refractivity contribution in [1.29, 1.82) is 0 Å². The number of para-hydroxylation sites is 1. The Labute approximate surface area is 227 Å². The van der Waals surface area contributed by atoms with Crippen LogP contribution >= 0.6 is 22.7 Å². The standard InChI is InChI=1S/C29H25N5O2S2/c1-19(2)14-15-36-23-12-10-20(11-13-23)26-21(18-33(31-26)22-7-4-3-5-8-22)17-25-28(35)34-29(38-25)30-27(32-34)24-9-6-16-37-24/h3-13,16-19H,14-15H2,1-2H3/b25-17+. The van der Waals surface area contributed by atoms with Gasteiger partial charge in [-0.05, 0) is 66.3 Å². The zero-order valence-corrected chi connectivity index (χ0v) is 22.6. The molecule has 9 heteroatoms. The van der Waals surface area contributed by atoms with Crippen molar-refractivity contribution in [2.75, 3.05) is 6.61 Å². The fourth-order valence-electron chi connectivity index (χ4n) is 4.04. The molecule has 2 aromatic carbocycles. The van der Waals surface area contributed by atoms with E-state index >= 15 is 0 Å². The van der Waals surface area contributed by atoms with Crippen LogP contribution in [-0.2, 0) is 0 Å². The summed E-state index contributed by atoms with van der Waals surface area (Å²) in [5, 5.41) is 11.3. The predicted octanol–water partition coefficient (Wildman–Crippen LogP) is 5.70. The first-order valence-electron chi connectivity index (χ1n) is 12.4. The summed E-state index contributed by atoms with van der Waals surface area (Å²) in [4.78, 5) is 19.3. The molecule has 4 aromatic heterocycles. The summed E-state index contributed by atoms with van der Waals surface area (Å²) in [6.07, 6.45) is 4.83. The van der Waals surface area contributed by atoms with Gasteiger partial charge < -0.3 is 4.74 Å². The molecule has 0 amide bonds. The maximum atomic E-state index is 13.2. The second kappa shape index (κ2) is 10.4. The Balaban J connectivity index is 1.39. The van der Waals surface area contributed by atoms with Crippen LogP contribution in [-0.4, -0.2) is 31.0 Å². The molecule has 7 nitrogen and oxygen atoms in total. The lowest BCUT2D eigenvalue weighted by molar-refractivity contribution is 0.289. The van der Waals surface area contributed by atoms with Gasteiger partial charge in [0.2, 0.25) is 4.96 Å². The highest BCUT2D eigenvalue weighted by Gasteiger charge is 2.15. The summed E-state index contributed by atoms with van der Waals surface area (Å²) in [6, 6.07) is 21.8. The first-order chi connectivity index (χ1) is 18.5. The normalized spacial score (nSPS) is 12.1. The number of rotatable bonds is 8. The predicted molar refractivity (Wildman–Crippen MR) is 153 cm³/mol. The summed E-state index contributed by atoms with van der Waals surface area (Å²) < 4.78 is 9.67. The molecule has 0 fully saturated rings. The maximum Gasteiger partial charge on any atom is 0.291 e. The SMILES string of the molecule is CC(C)CCOc1ccc(-c2nn(-c3ccccc3)cc2/C=c2/sc3nc(-c4cccs4)nn3c2=O)cc1. The van der Waals surface area contributed by atoms with Gasteiger partial charge in [-0.3, -0.25) is 4.79 Å². The molecule has 0 saturated carbocycles. The number of hydrogen-bond acceptors (Lipinski definition) is 7. The van der Waals surface area contributed by atoms with Crippen LogP contribution in [0.5, 0.6) is 5.75 Å². The highest BCUT2D eigenvalue weighted by molar-refractivity contribution is 7.15. The van der Waals surface area contributed by atoms with Crippen molar-refractivity contribution in [3.05, 3.63) is 98.8 Å². The first-order valence-corrected chi connectivity index (χ1v) is 14.1. The van der Waals surface area contributed by atoms with E-state index in [0.29, 0.717) is 27.8 Å². The topological polar surface area (TPSA) is 74.3 Å². The van der Waals surface area contributed by atoms with Gasteiger partial charge in [0.15, 0.2) is 5.82 Å². The quantitative estimate of drug-likeness (QED) is 0.248. The van der Waals surface area contributed by atoms with Crippen LogP contribution in [0.15, 0.2) is 83.1 Å². The van der Waals surface area contributed by atoms with Crippen molar-refractivity contribution < 1.29 is 4.74 Å². The molecule has 0 radical (unpaired) electrons. The minimum Gasteiger partial charge on any atom is -0.494 e. The highest BCUT2D eigenvalue weighted by Crippen LogP contribution is 2.27. The van der Waals surface area contributed by atoms with Crippen molar-refractivity contribution >= 4 is 33.7 Å². The van der Waals surface area contributed by atoms with E-state index in [9.17, 15) is 4.79 Å². The van der Waals surface area contributed by atoms with Gasteiger partial charge in [0.25, 0.3) is 5.56 Å². The van der Waals surface area contributed by atoms with Crippen LogP contribution in [0.25, 0.3) is 38.7 Å². The maximum absolute atomic E-state index is 13.2. The molecular weight excluding hydrogens is 514 g/mol. The summed E-state index contributed by atoms with van der Waals surface area (Å²) in [6.45, 7) is 5.06. The van der Waals surface area contributed by atoms with Crippen molar-refractivity contribution in [3.8, 4) is 33.4 Å². The summed E-state index contributed by atoms with van der Waals surface area (Å²) in [7, 11) is 0. The van der Waals surface area contributed by atoms with Crippen LogP contribution in [0.1, 0.15) is 25.8 Å². The number of ether oxygens (including phenoxy) is 1. The molecule has 0 aliphatic heterocycles. The van der Waals surface area contributed by atoms with E-state index < -0.39 is 0 Å². The van der Waals surface area contributed by atoms with E-state index in [1.165, 1.54) is 15.9 Å². The fourth-order valence-corrected chi connectivity index (χ4v) is 5.59. The van der Waals surface area contributed by atoms with Crippen LogP contribution in [0.3, 0.4) is 0 Å². The Hall–Kier alpha value is -4.08. The lowest BCUT2D eigenvalue weighted by atomic mass is 10.1. The lowest BCUT2D eigenvalue weighted by Crippen LogP contribution is -2.23. The van der Waals surface area contributed by atoms with Gasteiger partial charge in [0.05, 0.1) is 21.7 Å². The lowest BCUT2D eigenvalue weighted by Gasteiger charge is -2.08. The monoisotopic (exact) mass is 539 g/mol. The number of aromatic nitrogens is 5. The third kappa shape index (κ3) is 4.90. The Morgan fingerprint density at radius 3 is 2.53 bits per heavy atom. The van der Waals surface area contributed by atoms with Crippen LogP contribution in [0, 0.1) is 5.92 Å². The molecule has 0 aliphatic carbocycles. The summed E-state index contributed by atoms with van der Waals surface area (Å²) >= 11 is 2.88. The zero-order valence-electron chi connectivity index (χ0n) is 20.9. The second-order valence-corrected chi connectivity index (χ2v) is 11.2. The van der Waals surface area contributed by atoms with Gasteiger partial charge in [-0.25, -0.2) is 4.68 Å². The Morgan fingerprint density at radius 1 is 1.00 bits per heavy atom. The van der Waals surface area contributed by atoms with Crippen LogP contribution < -0.4 is 14.8 Å². The van der Waals surface area contributed by atoms with Gasteiger partial charge in [-0.1, -0.05) is 49.4 Å². The zero-order chi connectivity index (χ0) is 26.1. The van der Waals surface area contributed by atoms with Crippen molar-refractivity contribution in [1.82, 2.24) is 24.4 Å². The molecule has 0 atom stereocenters. The fraction of sp³-hybridized carbons (Fsp3) is 0.172. The number of thiophene rings is 1. The van der Waals surface area contributed by atoms with Gasteiger partial charge >= 0.3 is 0 Å². The molecule has 4 heterocycles. The van der Waals surface area contributed by atoms with Gasteiger partial charge in [-0.15, -0.1) is 16.4 Å². The first kappa shape index (κ1) is 24.3. The number of benzene rings is 2. The largest absolute Gasteiger partial charge is 0.494 e. The van der Waals surface area contributed by atoms with Gasteiger partial charge in [0.1, 0.15) is 11.4 Å². The second-order valence-electron chi connectivity index (χ2n) is 9.29. The van der Waals surface area contributed by atoms with E-state index in [2.05, 4.69) is 23.9 Å². The van der Waals surface area contributed by atoms with E-state index in [1.54, 1.807) is 11.3 Å². The van der Waals surface area contributed by atoms with E-state index in [1.807, 2.05) is 89.1 Å². The smallest absolute Gasteiger partial charge is 0.291 e. The summed E-state index contributed by atoms with van der Waals surface area (Å²) in [5.74, 6) is 2.00. The molecule has 0 unspecified atom stereocenters. The molecule has 0 N–H and O–H groups in total. The summed E-state index contributed by atoms with van der Waals surface area (Å²) in [5.41, 5.74) is 3.30. The number of nitrogens with zero attached hydrogens (tertiary/aromatic N) is 5. The molecule has 0 bridgehead atoms. The van der Waals surface area contributed by atoms with E-state index in [-0.39, 0.29) is 5.56 Å². The molecular formula is C29H25N5O2S2. The van der Waals surface area contributed by atoms with E-state index in [4.69, 9.17) is 9.84 Å². The van der Waals surface area contributed by atoms with E-state index in [0.717, 1.165) is 39.6 Å². The van der Waals surface area contributed by atoms with Crippen molar-refractivity contribution in [3.63, 3.8) is 0 Å². The highest BCUT2D eigenvalue weighted by atomic mass is 32.1. The molecule has 6 rings (SSSR count). The van der Waals surface area contributed by atoms with Crippen LogP contribution in [0.2, 0.25) is 0 Å². The van der Waals surface area contributed by atoms with Crippen molar-refractivity contribution in [2.24, 2.45) is 5.92 Å². The van der Waals surface area contributed by atoms with Gasteiger partial charge in [-0.2, -0.15) is 14.6 Å². The molecule has 0 spiro atoms. The van der Waals surface area contributed by atoms with Gasteiger partial charge in [0, 0.05) is 17.3 Å². The van der Waals surface area contributed by atoms with Crippen molar-refractivity contribution in [2.45, 2.75) is 20.3 Å². The Bertz CT molecular complexity index is 1780. The Kier molecular flexibility index (Phi) is 6.61. The minimum absolute atomic E-state index is 0.187. The molecule has 0 aliphatic rings. The number of thiazole rings is 1. The molecule has 0 saturated heterocycles. The molecule has 190 valence electrons. The number of hydrogen-bond donors (Lipinski definition) is 0. The average molecular weight is 540 g/mol. The molecule has 6 aromatic rings. The number of fused-ring (bicyclic) bond motifs is 1.